The molecule has 28 heavy (non-hydrogen) atoms. The van der Waals surface area contributed by atoms with Crippen molar-refractivity contribution in [3.8, 4) is 0 Å². The minimum absolute atomic E-state index is 0.401. The van der Waals surface area contributed by atoms with Gasteiger partial charge in [0, 0.05) is 14.2 Å². The number of methoxy groups -OCH3 is 2. The smallest absolute Gasteiger partial charge is 0.284 e. The van der Waals surface area contributed by atoms with Crippen molar-refractivity contribution in [2.75, 3.05) is 14.2 Å². The highest BCUT2D eigenvalue weighted by Gasteiger charge is 2.53. The lowest BCUT2D eigenvalue weighted by atomic mass is 9.60. The van der Waals surface area contributed by atoms with Crippen molar-refractivity contribution in [2.24, 2.45) is 5.92 Å². The molecule has 0 aliphatic heterocycles. The maximum absolute atomic E-state index is 11.4. The van der Waals surface area contributed by atoms with Crippen molar-refractivity contribution in [1.82, 2.24) is 0 Å². The minimum atomic E-state index is -1.75. The van der Waals surface area contributed by atoms with Crippen LogP contribution in [0.4, 0.5) is 0 Å². The Morgan fingerprint density at radius 2 is 1.00 bits per heavy atom. The van der Waals surface area contributed by atoms with Gasteiger partial charge in [0.05, 0.1) is 11.3 Å². The number of hydrogen-bond donors (Lipinski definition) is 1. The molecule has 0 saturated carbocycles. The van der Waals surface area contributed by atoms with Crippen molar-refractivity contribution in [1.29, 1.82) is 0 Å². The molecule has 1 atom stereocenters. The van der Waals surface area contributed by atoms with Crippen LogP contribution in [0.3, 0.4) is 0 Å². The van der Waals surface area contributed by atoms with Gasteiger partial charge in [-0.1, -0.05) is 97.9 Å². The highest BCUT2D eigenvalue weighted by Crippen LogP contribution is 2.50. The van der Waals surface area contributed by atoms with Crippen LogP contribution in [0.2, 0.25) is 0 Å². The van der Waals surface area contributed by atoms with Crippen molar-refractivity contribution < 1.29 is 14.6 Å². The molecule has 0 aliphatic rings. The Balaban J connectivity index is 2.44. The van der Waals surface area contributed by atoms with E-state index >= 15 is 0 Å². The molecular formula is C25H28O3. The van der Waals surface area contributed by atoms with Crippen LogP contribution < -0.4 is 0 Å². The average Bonchev–Trinajstić information content (AvgIpc) is 2.78. The summed E-state index contributed by atoms with van der Waals surface area (Å²) >= 11 is 0. The predicted molar refractivity (Wildman–Crippen MR) is 112 cm³/mol. The van der Waals surface area contributed by atoms with Crippen molar-refractivity contribution in [3.05, 3.63) is 108 Å². The molecule has 0 bridgehead atoms. The topological polar surface area (TPSA) is 38.7 Å². The molecule has 3 rings (SSSR count). The molecule has 3 nitrogen and oxygen atoms in total. The number of rotatable bonds is 8. The molecule has 0 spiro atoms. The summed E-state index contributed by atoms with van der Waals surface area (Å²) in [5.74, 6) is -2.15. The van der Waals surface area contributed by atoms with Crippen molar-refractivity contribution in [3.63, 3.8) is 0 Å². The van der Waals surface area contributed by atoms with Gasteiger partial charge in [0.1, 0.15) is 0 Å². The van der Waals surface area contributed by atoms with E-state index in [1.165, 1.54) is 14.2 Å². The Kier molecular flexibility index (Phi) is 6.30. The Morgan fingerprint density at radius 3 is 1.25 bits per heavy atom. The normalized spacial score (nSPS) is 13.3. The van der Waals surface area contributed by atoms with Crippen LogP contribution in [-0.4, -0.2) is 25.3 Å². The molecule has 3 aromatic carbocycles. The first-order chi connectivity index (χ1) is 13.6. The van der Waals surface area contributed by atoms with Crippen molar-refractivity contribution >= 4 is 0 Å². The first-order valence-electron chi connectivity index (χ1n) is 9.62. The standard InChI is InChI=1S/C25H28O3/c1-4-23(25(26,27-2)28-3)24(20-14-8-5-9-15-20,21-16-10-6-11-17-21)22-18-12-7-13-19-22/h5-19,23,26H,4H2,1-3H3. The summed E-state index contributed by atoms with van der Waals surface area (Å²) in [7, 11) is 2.97. The summed E-state index contributed by atoms with van der Waals surface area (Å²) in [5.41, 5.74) is 2.56. The summed E-state index contributed by atoms with van der Waals surface area (Å²) in [6.45, 7) is 2.05. The molecule has 3 heteroatoms. The molecule has 0 saturated heterocycles. The largest absolute Gasteiger partial charge is 0.343 e. The van der Waals surface area contributed by atoms with Crippen LogP contribution in [0.1, 0.15) is 30.0 Å². The first-order valence-corrected chi connectivity index (χ1v) is 9.62. The highest BCUT2D eigenvalue weighted by atomic mass is 16.8. The molecule has 0 fully saturated rings. The molecule has 0 heterocycles. The second-order valence-corrected chi connectivity index (χ2v) is 6.91. The molecule has 0 radical (unpaired) electrons. The summed E-state index contributed by atoms with van der Waals surface area (Å²) in [6, 6.07) is 30.8. The van der Waals surface area contributed by atoms with Crippen LogP contribution in [-0.2, 0) is 14.9 Å². The van der Waals surface area contributed by atoms with Gasteiger partial charge in [-0.2, -0.15) is 0 Å². The van der Waals surface area contributed by atoms with Gasteiger partial charge < -0.3 is 14.6 Å². The number of benzene rings is 3. The average molecular weight is 376 g/mol. The Morgan fingerprint density at radius 1 is 0.679 bits per heavy atom. The lowest BCUT2D eigenvalue weighted by molar-refractivity contribution is -0.373. The Labute approximate surface area is 167 Å². The lowest BCUT2D eigenvalue weighted by Crippen LogP contribution is -2.53. The minimum Gasteiger partial charge on any atom is -0.343 e. The summed E-state index contributed by atoms with van der Waals surface area (Å²) in [5, 5.41) is 11.4. The quantitative estimate of drug-likeness (QED) is 0.445. The van der Waals surface area contributed by atoms with Gasteiger partial charge in [0.15, 0.2) is 0 Å². The van der Waals surface area contributed by atoms with Crippen LogP contribution in [0.5, 0.6) is 0 Å². The Bertz CT molecular complexity index is 746. The summed E-state index contributed by atoms with van der Waals surface area (Å²) < 4.78 is 11.1. The van der Waals surface area contributed by atoms with Gasteiger partial charge >= 0.3 is 0 Å². The third kappa shape index (κ3) is 3.37. The van der Waals surface area contributed by atoms with Gasteiger partial charge in [-0.05, 0) is 23.1 Å². The zero-order valence-electron chi connectivity index (χ0n) is 16.7. The fourth-order valence-corrected chi connectivity index (χ4v) is 4.41. The zero-order valence-corrected chi connectivity index (χ0v) is 16.7. The SMILES string of the molecule is CCC(C(O)(OC)OC)C(c1ccccc1)(c1ccccc1)c1ccccc1. The van der Waals surface area contributed by atoms with E-state index in [-0.39, 0.29) is 0 Å². The van der Waals surface area contributed by atoms with E-state index in [1.807, 2.05) is 54.6 Å². The molecular weight excluding hydrogens is 348 g/mol. The molecule has 0 amide bonds. The molecule has 146 valence electrons. The van der Waals surface area contributed by atoms with Gasteiger partial charge in [-0.3, -0.25) is 0 Å². The van der Waals surface area contributed by atoms with Crippen molar-refractivity contribution in [2.45, 2.75) is 24.7 Å². The highest BCUT2D eigenvalue weighted by molar-refractivity contribution is 5.51. The van der Waals surface area contributed by atoms with Crippen LogP contribution in [0.25, 0.3) is 0 Å². The van der Waals surface area contributed by atoms with Gasteiger partial charge in [-0.25, -0.2) is 0 Å². The zero-order chi connectivity index (χ0) is 20.0. The Hall–Kier alpha value is -2.46. The van der Waals surface area contributed by atoms with Crippen LogP contribution in [0.15, 0.2) is 91.0 Å². The van der Waals surface area contributed by atoms with Crippen LogP contribution >= 0.6 is 0 Å². The third-order valence-electron chi connectivity index (χ3n) is 5.64. The third-order valence-corrected chi connectivity index (χ3v) is 5.64. The van der Waals surface area contributed by atoms with E-state index in [2.05, 4.69) is 43.3 Å². The van der Waals surface area contributed by atoms with E-state index in [4.69, 9.17) is 9.47 Å². The summed E-state index contributed by atoms with van der Waals surface area (Å²) in [6.07, 6.45) is 0.636. The summed E-state index contributed by atoms with van der Waals surface area (Å²) in [4.78, 5) is 0. The molecule has 1 N–H and O–H groups in total. The lowest BCUT2D eigenvalue weighted by Gasteiger charge is -2.47. The van der Waals surface area contributed by atoms with E-state index in [0.717, 1.165) is 16.7 Å². The van der Waals surface area contributed by atoms with Gasteiger partial charge in [0.2, 0.25) is 0 Å². The monoisotopic (exact) mass is 376 g/mol. The van der Waals surface area contributed by atoms with Gasteiger partial charge in [0.25, 0.3) is 5.97 Å². The predicted octanol–water partition coefficient (Wildman–Crippen LogP) is 4.99. The van der Waals surface area contributed by atoms with Crippen LogP contribution in [0, 0.1) is 5.92 Å². The molecule has 3 aromatic rings. The number of hydrogen-bond acceptors (Lipinski definition) is 3. The number of ether oxygens (including phenoxy) is 2. The molecule has 1 unspecified atom stereocenters. The van der Waals surface area contributed by atoms with Gasteiger partial charge in [-0.15, -0.1) is 0 Å². The first kappa shape index (κ1) is 20.3. The fourth-order valence-electron chi connectivity index (χ4n) is 4.41. The molecule has 0 aromatic heterocycles. The molecule has 0 aliphatic carbocycles. The maximum Gasteiger partial charge on any atom is 0.284 e. The second-order valence-electron chi connectivity index (χ2n) is 6.91. The van der Waals surface area contributed by atoms with E-state index < -0.39 is 17.3 Å². The second kappa shape index (κ2) is 8.70. The van der Waals surface area contributed by atoms with E-state index in [0.29, 0.717) is 6.42 Å². The van der Waals surface area contributed by atoms with E-state index in [1.54, 1.807) is 0 Å². The fraction of sp³-hybridized carbons (Fsp3) is 0.280. The number of aliphatic hydroxyl groups is 1. The van der Waals surface area contributed by atoms with E-state index in [9.17, 15) is 5.11 Å². The maximum atomic E-state index is 11.4.